The highest BCUT2D eigenvalue weighted by Gasteiger charge is 2.10. The molecular formula is C15H11BrCl2N2O2. The van der Waals surface area contributed by atoms with Crippen LogP contribution in [0.3, 0.4) is 0 Å². The molecule has 0 saturated carbocycles. The lowest BCUT2D eigenvalue weighted by atomic mass is 10.2. The Morgan fingerprint density at radius 2 is 2.05 bits per heavy atom. The van der Waals surface area contributed by atoms with Crippen LogP contribution in [0.2, 0.25) is 10.0 Å². The molecule has 0 spiro atoms. The Balaban J connectivity index is 2.17. The van der Waals surface area contributed by atoms with Gasteiger partial charge in [0.05, 0.1) is 23.9 Å². The number of nitrogens with one attached hydrogen (secondary N) is 1. The molecule has 0 aliphatic carbocycles. The van der Waals surface area contributed by atoms with Gasteiger partial charge in [-0.05, 0) is 40.2 Å². The van der Waals surface area contributed by atoms with Gasteiger partial charge in [-0.25, -0.2) is 5.43 Å². The zero-order valence-electron chi connectivity index (χ0n) is 11.4. The lowest BCUT2D eigenvalue weighted by molar-refractivity contribution is 0.0954. The van der Waals surface area contributed by atoms with Crippen LogP contribution in [0, 0.1) is 0 Å². The van der Waals surface area contributed by atoms with Gasteiger partial charge in [0.1, 0.15) is 5.75 Å². The summed E-state index contributed by atoms with van der Waals surface area (Å²) < 4.78 is 5.88. The first-order valence-electron chi connectivity index (χ1n) is 6.14. The Morgan fingerprint density at radius 3 is 2.73 bits per heavy atom. The average Bonchev–Trinajstić information content (AvgIpc) is 2.47. The summed E-state index contributed by atoms with van der Waals surface area (Å²) in [4.78, 5) is 12.0. The Bertz CT molecular complexity index is 735. The molecule has 0 atom stereocenters. The smallest absolute Gasteiger partial charge is 0.272 e. The first-order valence-corrected chi connectivity index (χ1v) is 7.68. The minimum Gasteiger partial charge on any atom is -0.495 e. The fourth-order valence-electron chi connectivity index (χ4n) is 1.76. The molecule has 2 aromatic rings. The third-order valence-electron chi connectivity index (χ3n) is 2.73. The zero-order valence-corrected chi connectivity index (χ0v) is 14.5. The van der Waals surface area contributed by atoms with Crippen molar-refractivity contribution < 1.29 is 9.53 Å². The number of carbonyl (C=O) groups is 1. The molecule has 22 heavy (non-hydrogen) atoms. The molecule has 2 rings (SSSR count). The van der Waals surface area contributed by atoms with Crippen LogP contribution in [0.1, 0.15) is 15.9 Å². The van der Waals surface area contributed by atoms with E-state index in [0.717, 1.165) is 0 Å². The first-order chi connectivity index (χ1) is 10.5. The van der Waals surface area contributed by atoms with Gasteiger partial charge < -0.3 is 4.74 Å². The molecule has 0 aliphatic heterocycles. The monoisotopic (exact) mass is 400 g/mol. The van der Waals surface area contributed by atoms with Crippen molar-refractivity contribution in [2.24, 2.45) is 5.10 Å². The SMILES string of the molecule is COc1c(Cl)cc(Cl)cc1C=NNC(=O)c1ccccc1Br. The largest absolute Gasteiger partial charge is 0.495 e. The fraction of sp³-hybridized carbons (Fsp3) is 0.0667. The summed E-state index contributed by atoms with van der Waals surface area (Å²) in [5, 5.41) is 4.72. The normalized spacial score (nSPS) is 10.7. The van der Waals surface area contributed by atoms with E-state index in [9.17, 15) is 4.79 Å². The van der Waals surface area contributed by atoms with Crippen LogP contribution in [0.4, 0.5) is 0 Å². The summed E-state index contributed by atoms with van der Waals surface area (Å²) >= 11 is 15.3. The lowest BCUT2D eigenvalue weighted by Gasteiger charge is -2.07. The summed E-state index contributed by atoms with van der Waals surface area (Å²) in [6.45, 7) is 0. The van der Waals surface area contributed by atoms with E-state index in [0.29, 0.717) is 31.4 Å². The summed E-state index contributed by atoms with van der Waals surface area (Å²) in [6, 6.07) is 10.3. The van der Waals surface area contributed by atoms with E-state index in [1.165, 1.54) is 13.3 Å². The van der Waals surface area contributed by atoms with Gasteiger partial charge in [-0.15, -0.1) is 0 Å². The number of amides is 1. The molecule has 0 saturated heterocycles. The molecule has 1 amide bonds. The molecule has 0 unspecified atom stereocenters. The van der Waals surface area contributed by atoms with Crippen LogP contribution in [0.15, 0.2) is 46.0 Å². The molecule has 0 radical (unpaired) electrons. The molecule has 2 aromatic carbocycles. The van der Waals surface area contributed by atoms with Gasteiger partial charge in [-0.2, -0.15) is 5.10 Å². The van der Waals surface area contributed by atoms with Crippen molar-refractivity contribution in [3.63, 3.8) is 0 Å². The van der Waals surface area contributed by atoms with Crippen LogP contribution >= 0.6 is 39.1 Å². The fourth-order valence-corrected chi connectivity index (χ4v) is 2.81. The standard InChI is InChI=1S/C15H11BrCl2N2O2/c1-22-14-9(6-10(17)7-13(14)18)8-19-20-15(21)11-4-2-3-5-12(11)16/h2-8H,1H3,(H,20,21). The highest BCUT2D eigenvalue weighted by molar-refractivity contribution is 9.10. The second-order valence-corrected chi connectivity index (χ2v) is 5.89. The van der Waals surface area contributed by atoms with Crippen molar-refractivity contribution in [1.82, 2.24) is 5.43 Å². The maximum Gasteiger partial charge on any atom is 0.272 e. The molecule has 7 heteroatoms. The van der Waals surface area contributed by atoms with Crippen LogP contribution in [0.5, 0.6) is 5.75 Å². The van der Waals surface area contributed by atoms with E-state index in [1.807, 2.05) is 6.07 Å². The van der Waals surface area contributed by atoms with Crippen molar-refractivity contribution in [3.05, 3.63) is 62.0 Å². The maximum atomic E-state index is 12.0. The van der Waals surface area contributed by atoms with Gasteiger partial charge in [0.15, 0.2) is 0 Å². The highest BCUT2D eigenvalue weighted by Crippen LogP contribution is 2.31. The molecule has 0 bridgehead atoms. The number of benzene rings is 2. The topological polar surface area (TPSA) is 50.7 Å². The second kappa shape index (κ2) is 7.63. The molecule has 0 aromatic heterocycles. The summed E-state index contributed by atoms with van der Waals surface area (Å²) in [7, 11) is 1.49. The Hall–Kier alpha value is -1.56. The van der Waals surface area contributed by atoms with Gasteiger partial charge in [-0.3, -0.25) is 4.79 Å². The second-order valence-electron chi connectivity index (χ2n) is 4.19. The number of hydrogen-bond acceptors (Lipinski definition) is 3. The summed E-state index contributed by atoms with van der Waals surface area (Å²) in [5.74, 6) is 0.0979. The Morgan fingerprint density at radius 1 is 1.32 bits per heavy atom. The highest BCUT2D eigenvalue weighted by atomic mass is 79.9. The molecule has 4 nitrogen and oxygen atoms in total. The number of carbonyl (C=O) groups excluding carboxylic acids is 1. The van der Waals surface area contributed by atoms with Gasteiger partial charge in [-0.1, -0.05) is 35.3 Å². The maximum absolute atomic E-state index is 12.0. The predicted octanol–water partition coefficient (Wildman–Crippen LogP) is 4.53. The van der Waals surface area contributed by atoms with Gasteiger partial charge in [0.25, 0.3) is 5.91 Å². The number of nitrogens with zero attached hydrogens (tertiary/aromatic N) is 1. The van der Waals surface area contributed by atoms with E-state index in [1.54, 1.807) is 30.3 Å². The predicted molar refractivity (Wildman–Crippen MR) is 92.2 cm³/mol. The van der Waals surface area contributed by atoms with Crippen molar-refractivity contribution in [2.75, 3.05) is 7.11 Å². The van der Waals surface area contributed by atoms with E-state index < -0.39 is 0 Å². The van der Waals surface area contributed by atoms with E-state index in [-0.39, 0.29) is 5.91 Å². The number of halogens is 3. The minimum atomic E-state index is -0.337. The van der Waals surface area contributed by atoms with Crippen LogP contribution in [0.25, 0.3) is 0 Å². The molecule has 0 fully saturated rings. The average molecular weight is 402 g/mol. The number of hydrogen-bond donors (Lipinski definition) is 1. The Labute approximate surface area is 146 Å². The molecule has 0 aliphatic rings. The van der Waals surface area contributed by atoms with Gasteiger partial charge in [0, 0.05) is 15.1 Å². The third kappa shape index (κ3) is 4.00. The number of methoxy groups -OCH3 is 1. The van der Waals surface area contributed by atoms with Crippen molar-refractivity contribution in [3.8, 4) is 5.75 Å². The van der Waals surface area contributed by atoms with Crippen molar-refractivity contribution in [2.45, 2.75) is 0 Å². The van der Waals surface area contributed by atoms with E-state index in [4.69, 9.17) is 27.9 Å². The van der Waals surface area contributed by atoms with Gasteiger partial charge >= 0.3 is 0 Å². The van der Waals surface area contributed by atoms with Crippen LogP contribution < -0.4 is 10.2 Å². The van der Waals surface area contributed by atoms with E-state index >= 15 is 0 Å². The Kier molecular flexibility index (Phi) is 5.83. The number of ether oxygens (including phenoxy) is 1. The molecule has 114 valence electrons. The zero-order chi connectivity index (χ0) is 16.1. The summed E-state index contributed by atoms with van der Waals surface area (Å²) in [5.41, 5.74) is 3.48. The number of rotatable bonds is 4. The lowest BCUT2D eigenvalue weighted by Crippen LogP contribution is -2.18. The van der Waals surface area contributed by atoms with Crippen LogP contribution in [-0.4, -0.2) is 19.2 Å². The molecular weight excluding hydrogens is 391 g/mol. The van der Waals surface area contributed by atoms with Crippen LogP contribution in [-0.2, 0) is 0 Å². The third-order valence-corrected chi connectivity index (χ3v) is 3.92. The van der Waals surface area contributed by atoms with E-state index in [2.05, 4.69) is 26.5 Å². The molecule has 0 heterocycles. The van der Waals surface area contributed by atoms with Crippen molar-refractivity contribution >= 4 is 51.3 Å². The number of hydrazone groups is 1. The summed E-state index contributed by atoms with van der Waals surface area (Å²) in [6.07, 6.45) is 1.42. The first kappa shape index (κ1) is 16.8. The quantitative estimate of drug-likeness (QED) is 0.604. The van der Waals surface area contributed by atoms with Gasteiger partial charge in [0.2, 0.25) is 0 Å². The van der Waals surface area contributed by atoms with Crippen molar-refractivity contribution in [1.29, 1.82) is 0 Å². The minimum absolute atomic E-state index is 0.337. The molecule has 1 N–H and O–H groups in total.